The molecule has 0 bridgehead atoms. The van der Waals surface area contributed by atoms with E-state index in [0.29, 0.717) is 34.7 Å². The van der Waals surface area contributed by atoms with E-state index < -0.39 is 11.9 Å². The number of thiophene rings is 1. The van der Waals surface area contributed by atoms with Gasteiger partial charge in [0.1, 0.15) is 26.8 Å². The van der Waals surface area contributed by atoms with Gasteiger partial charge in [-0.25, -0.2) is 14.4 Å². The molecule has 3 heterocycles. The monoisotopic (exact) mass is 481 g/mol. The molecule has 34 heavy (non-hydrogen) atoms. The van der Waals surface area contributed by atoms with E-state index in [-0.39, 0.29) is 11.5 Å². The molecule has 0 fully saturated rings. The van der Waals surface area contributed by atoms with Crippen LogP contribution in [0.25, 0.3) is 10.2 Å². The van der Waals surface area contributed by atoms with Crippen LogP contribution in [0.4, 0.5) is 5.69 Å². The zero-order chi connectivity index (χ0) is 24.1. The molecule has 0 saturated carbocycles. The third-order valence-electron chi connectivity index (χ3n) is 4.96. The second-order valence-electron chi connectivity index (χ2n) is 7.57. The molecular formula is C23H23N5O5S. The number of hydrogen-bond donors (Lipinski definition) is 1. The van der Waals surface area contributed by atoms with E-state index in [4.69, 9.17) is 19.1 Å². The van der Waals surface area contributed by atoms with Crippen LogP contribution >= 0.6 is 11.3 Å². The number of nitrogens with one attached hydrogen (secondary N) is 1. The predicted octanol–water partition coefficient (Wildman–Crippen LogP) is 3.42. The number of amides is 1. The summed E-state index contributed by atoms with van der Waals surface area (Å²) in [4.78, 5) is 32.5. The first-order chi connectivity index (χ1) is 16.4. The summed E-state index contributed by atoms with van der Waals surface area (Å²) in [5.74, 6) is -0.364. The molecule has 0 aliphatic carbocycles. The van der Waals surface area contributed by atoms with Gasteiger partial charge in [0.25, 0.3) is 5.91 Å². The minimum absolute atomic E-state index is 0.200. The lowest BCUT2D eigenvalue weighted by molar-refractivity contribution is -0.118. The molecule has 0 saturated heterocycles. The Labute approximate surface area is 199 Å². The van der Waals surface area contributed by atoms with Crippen molar-refractivity contribution in [2.45, 2.75) is 20.0 Å². The third-order valence-corrected chi connectivity index (χ3v) is 6.04. The normalized spacial score (nSPS) is 11.1. The topological polar surface area (TPSA) is 120 Å². The van der Waals surface area contributed by atoms with Crippen molar-refractivity contribution in [1.29, 1.82) is 0 Å². The lowest BCUT2D eigenvalue weighted by atomic mass is 10.2. The van der Waals surface area contributed by atoms with E-state index in [9.17, 15) is 9.59 Å². The summed E-state index contributed by atoms with van der Waals surface area (Å²) in [6.07, 6.45) is 0. The highest BCUT2D eigenvalue weighted by Gasteiger charge is 2.22. The first kappa shape index (κ1) is 23.3. The van der Waals surface area contributed by atoms with Crippen LogP contribution < -0.4 is 10.1 Å². The van der Waals surface area contributed by atoms with Crippen molar-refractivity contribution in [3.63, 3.8) is 0 Å². The highest BCUT2D eigenvalue weighted by Crippen LogP contribution is 2.35. The smallest absolute Gasteiger partial charge is 0.350 e. The number of benzene rings is 1. The van der Waals surface area contributed by atoms with Crippen LogP contribution in [0.2, 0.25) is 0 Å². The van der Waals surface area contributed by atoms with Gasteiger partial charge in [0.2, 0.25) is 0 Å². The number of methoxy groups -OCH3 is 1. The molecule has 1 N–H and O–H groups in total. The molecule has 1 amide bonds. The van der Waals surface area contributed by atoms with Crippen LogP contribution in [0.15, 0.2) is 47.1 Å². The van der Waals surface area contributed by atoms with Crippen molar-refractivity contribution in [2.24, 2.45) is 0 Å². The number of pyridine rings is 1. The van der Waals surface area contributed by atoms with Crippen molar-refractivity contribution in [3.05, 3.63) is 64.4 Å². The maximum absolute atomic E-state index is 12.6. The number of carbonyl (C=O) groups is 2. The van der Waals surface area contributed by atoms with E-state index in [1.807, 2.05) is 49.2 Å². The lowest BCUT2D eigenvalue weighted by Crippen LogP contribution is -2.21. The number of carbonyl (C=O) groups excluding carboxylic acids is 2. The van der Waals surface area contributed by atoms with Crippen LogP contribution in [-0.4, -0.2) is 52.8 Å². The number of fused-ring (bicyclic) bond motifs is 1. The number of esters is 1. The van der Waals surface area contributed by atoms with Crippen molar-refractivity contribution in [1.82, 2.24) is 20.2 Å². The summed E-state index contributed by atoms with van der Waals surface area (Å²) in [5.41, 5.74) is 2.67. The largest absolute Gasteiger partial charge is 0.484 e. The molecule has 0 radical (unpaired) electrons. The van der Waals surface area contributed by atoms with Gasteiger partial charge < -0.3 is 14.8 Å². The second-order valence-corrected chi connectivity index (χ2v) is 8.57. The number of hydrogen-bond acceptors (Lipinski definition) is 10. The average molecular weight is 482 g/mol. The molecule has 176 valence electrons. The molecule has 0 spiro atoms. The zero-order valence-corrected chi connectivity index (χ0v) is 19.7. The maximum atomic E-state index is 12.6. The molecule has 0 atom stereocenters. The maximum Gasteiger partial charge on any atom is 0.350 e. The highest BCUT2D eigenvalue weighted by molar-refractivity contribution is 7.21. The van der Waals surface area contributed by atoms with E-state index in [2.05, 4.69) is 15.6 Å². The Morgan fingerprint density at radius 3 is 2.62 bits per heavy atom. The SMILES string of the molecule is COC(=O)c1sc2nc(CN(C)Cc3nonc3C)ccc2c1NC(=O)COc1ccccc1. The zero-order valence-electron chi connectivity index (χ0n) is 18.9. The molecule has 3 aromatic heterocycles. The molecular weight excluding hydrogens is 458 g/mol. The molecule has 10 nitrogen and oxygen atoms in total. The van der Waals surface area contributed by atoms with Crippen LogP contribution in [0.5, 0.6) is 5.75 Å². The van der Waals surface area contributed by atoms with E-state index in [1.165, 1.54) is 18.4 Å². The average Bonchev–Trinajstić information content (AvgIpc) is 3.40. The highest BCUT2D eigenvalue weighted by atomic mass is 32.1. The number of aryl methyl sites for hydroxylation is 1. The van der Waals surface area contributed by atoms with Crippen molar-refractivity contribution >= 4 is 39.1 Å². The van der Waals surface area contributed by atoms with Crippen LogP contribution in [-0.2, 0) is 22.6 Å². The Hall–Kier alpha value is -3.83. The molecule has 4 aromatic rings. The van der Waals surface area contributed by atoms with Crippen LogP contribution in [0.3, 0.4) is 0 Å². The Balaban J connectivity index is 1.52. The van der Waals surface area contributed by atoms with E-state index >= 15 is 0 Å². The molecule has 0 unspecified atom stereocenters. The number of ether oxygens (including phenoxy) is 2. The van der Waals surface area contributed by atoms with Gasteiger partial charge in [0.05, 0.1) is 18.5 Å². The Kier molecular flexibility index (Phi) is 7.14. The van der Waals surface area contributed by atoms with E-state index in [1.54, 1.807) is 12.1 Å². The number of nitrogens with zero attached hydrogens (tertiary/aromatic N) is 4. The molecule has 1 aromatic carbocycles. The summed E-state index contributed by atoms with van der Waals surface area (Å²) in [5, 5.41) is 11.1. The number of aromatic nitrogens is 3. The van der Waals surface area contributed by atoms with Gasteiger partial charge in [-0.2, -0.15) is 0 Å². The molecule has 0 aliphatic rings. The first-order valence-corrected chi connectivity index (χ1v) is 11.2. The van der Waals surface area contributed by atoms with Gasteiger partial charge in [-0.05, 0) is 38.2 Å². The van der Waals surface area contributed by atoms with Crippen LogP contribution in [0, 0.1) is 6.92 Å². The van der Waals surface area contributed by atoms with Crippen molar-refractivity contribution < 1.29 is 23.7 Å². The lowest BCUT2D eigenvalue weighted by Gasteiger charge is -2.14. The fraction of sp³-hybridized carbons (Fsp3) is 0.261. The number of para-hydroxylation sites is 1. The molecule has 11 heteroatoms. The van der Waals surface area contributed by atoms with Crippen LogP contribution in [0.1, 0.15) is 26.8 Å². The van der Waals surface area contributed by atoms with Gasteiger partial charge >= 0.3 is 5.97 Å². The van der Waals surface area contributed by atoms with Gasteiger partial charge in [-0.15, -0.1) is 11.3 Å². The number of anilines is 1. The van der Waals surface area contributed by atoms with Crippen molar-refractivity contribution in [3.8, 4) is 5.75 Å². The fourth-order valence-electron chi connectivity index (χ4n) is 3.29. The standard InChI is InChI=1S/C23H23N5O5S/c1-14-18(27-33-26-14)12-28(2)11-15-9-10-17-20(21(23(30)31-3)34-22(17)24-15)25-19(29)13-32-16-7-5-4-6-8-16/h4-10H,11-13H2,1-3H3,(H,25,29). The summed E-state index contributed by atoms with van der Waals surface area (Å²) in [6, 6.07) is 12.7. The quantitative estimate of drug-likeness (QED) is 0.359. The van der Waals surface area contributed by atoms with Gasteiger partial charge in [0, 0.05) is 18.5 Å². The molecule has 4 rings (SSSR count). The van der Waals surface area contributed by atoms with Gasteiger partial charge in [0.15, 0.2) is 6.61 Å². The Morgan fingerprint density at radius 2 is 1.91 bits per heavy atom. The number of rotatable bonds is 9. The van der Waals surface area contributed by atoms with Gasteiger partial charge in [-0.3, -0.25) is 9.69 Å². The summed E-state index contributed by atoms with van der Waals surface area (Å²) >= 11 is 1.17. The summed E-state index contributed by atoms with van der Waals surface area (Å²) in [7, 11) is 3.23. The minimum atomic E-state index is -0.546. The second kappa shape index (κ2) is 10.4. The summed E-state index contributed by atoms with van der Waals surface area (Å²) < 4.78 is 15.2. The fourth-order valence-corrected chi connectivity index (χ4v) is 4.35. The van der Waals surface area contributed by atoms with Crippen molar-refractivity contribution in [2.75, 3.05) is 26.1 Å². The Bertz CT molecular complexity index is 1300. The first-order valence-electron chi connectivity index (χ1n) is 10.4. The summed E-state index contributed by atoms with van der Waals surface area (Å²) in [6.45, 7) is 2.73. The minimum Gasteiger partial charge on any atom is -0.484 e. The Morgan fingerprint density at radius 1 is 1.12 bits per heavy atom. The third kappa shape index (κ3) is 5.38. The van der Waals surface area contributed by atoms with E-state index in [0.717, 1.165) is 17.1 Å². The predicted molar refractivity (Wildman–Crippen MR) is 126 cm³/mol. The van der Waals surface area contributed by atoms with Gasteiger partial charge in [-0.1, -0.05) is 28.5 Å². The molecule has 0 aliphatic heterocycles.